The topological polar surface area (TPSA) is 53.0 Å². The molecule has 0 saturated carbocycles. The van der Waals surface area contributed by atoms with E-state index in [2.05, 4.69) is 24.8 Å². The quantitative estimate of drug-likeness (QED) is 0.789. The van der Waals surface area contributed by atoms with E-state index in [-0.39, 0.29) is 0 Å². The van der Waals surface area contributed by atoms with Crippen molar-refractivity contribution >= 4 is 11.4 Å². The van der Waals surface area contributed by atoms with Crippen molar-refractivity contribution in [2.24, 2.45) is 0 Å². The van der Waals surface area contributed by atoms with E-state index in [0.29, 0.717) is 12.5 Å². The van der Waals surface area contributed by atoms with Crippen molar-refractivity contribution in [1.29, 1.82) is 5.26 Å². The van der Waals surface area contributed by atoms with Crippen molar-refractivity contribution in [1.82, 2.24) is 0 Å². The summed E-state index contributed by atoms with van der Waals surface area (Å²) < 4.78 is 0. The van der Waals surface area contributed by atoms with Crippen LogP contribution in [0.25, 0.3) is 0 Å². The third-order valence-electron chi connectivity index (χ3n) is 2.70. The number of nitrogens with zero attached hydrogens (tertiary/aromatic N) is 2. The Kier molecular flexibility index (Phi) is 4.19. The highest BCUT2D eigenvalue weighted by Gasteiger charge is 2.13. The van der Waals surface area contributed by atoms with Gasteiger partial charge in [0.05, 0.1) is 23.9 Å². The number of nitriles is 1. The van der Waals surface area contributed by atoms with Gasteiger partial charge >= 0.3 is 0 Å². The van der Waals surface area contributed by atoms with Crippen LogP contribution in [-0.4, -0.2) is 12.6 Å². The van der Waals surface area contributed by atoms with E-state index in [1.165, 1.54) is 0 Å². The first kappa shape index (κ1) is 12.4. The van der Waals surface area contributed by atoms with Crippen molar-refractivity contribution in [3.05, 3.63) is 23.8 Å². The maximum absolute atomic E-state index is 8.66. The first-order chi connectivity index (χ1) is 7.57. The van der Waals surface area contributed by atoms with E-state index in [9.17, 15) is 0 Å². The molecule has 0 aliphatic rings. The van der Waals surface area contributed by atoms with Gasteiger partial charge in [0.1, 0.15) is 0 Å². The number of nitrogen functional groups attached to an aromatic ring is 1. The van der Waals surface area contributed by atoms with Crippen LogP contribution in [0.4, 0.5) is 11.4 Å². The lowest BCUT2D eigenvalue weighted by Crippen LogP contribution is -2.32. The van der Waals surface area contributed by atoms with Crippen LogP contribution < -0.4 is 10.6 Å². The molecule has 0 spiro atoms. The summed E-state index contributed by atoms with van der Waals surface area (Å²) in [4.78, 5) is 2.17. The molecule has 3 nitrogen and oxygen atoms in total. The molecule has 0 saturated heterocycles. The lowest BCUT2D eigenvalue weighted by atomic mass is 10.1. The lowest BCUT2D eigenvalue weighted by molar-refractivity contribution is 0.687. The van der Waals surface area contributed by atoms with Gasteiger partial charge in [-0.05, 0) is 32.4 Å². The number of hydrogen-bond donors (Lipinski definition) is 1. The van der Waals surface area contributed by atoms with Gasteiger partial charge in [-0.3, -0.25) is 0 Å². The number of aryl methyl sites for hydroxylation is 1. The number of anilines is 2. The van der Waals surface area contributed by atoms with E-state index in [1.54, 1.807) is 0 Å². The van der Waals surface area contributed by atoms with Crippen molar-refractivity contribution < 1.29 is 0 Å². The molecule has 0 heterocycles. The normalized spacial score (nSPS) is 10.2. The molecule has 0 aromatic heterocycles. The van der Waals surface area contributed by atoms with Gasteiger partial charge in [-0.25, -0.2) is 0 Å². The summed E-state index contributed by atoms with van der Waals surface area (Å²) in [6.07, 6.45) is 0.519. The Morgan fingerprint density at radius 3 is 2.69 bits per heavy atom. The van der Waals surface area contributed by atoms with E-state index in [0.717, 1.165) is 23.5 Å². The zero-order chi connectivity index (χ0) is 12.1. The van der Waals surface area contributed by atoms with Crippen molar-refractivity contribution in [3.8, 4) is 6.07 Å². The molecule has 0 amide bonds. The third-order valence-corrected chi connectivity index (χ3v) is 2.70. The number of para-hydroxylation sites is 1. The minimum absolute atomic E-state index is 0.345. The molecule has 0 aliphatic carbocycles. The van der Waals surface area contributed by atoms with E-state index < -0.39 is 0 Å². The van der Waals surface area contributed by atoms with Gasteiger partial charge in [-0.15, -0.1) is 0 Å². The largest absolute Gasteiger partial charge is 0.397 e. The maximum Gasteiger partial charge on any atom is 0.0640 e. The second kappa shape index (κ2) is 5.41. The monoisotopic (exact) mass is 217 g/mol. The zero-order valence-corrected chi connectivity index (χ0v) is 10.2. The SMILES string of the molecule is Cc1cccc(N(CCC#N)C(C)C)c1N. The van der Waals surface area contributed by atoms with Crippen LogP contribution in [0.5, 0.6) is 0 Å². The molecular weight excluding hydrogens is 198 g/mol. The Hall–Kier alpha value is -1.69. The van der Waals surface area contributed by atoms with Crippen LogP contribution in [0.2, 0.25) is 0 Å². The molecule has 86 valence electrons. The molecule has 1 rings (SSSR count). The molecule has 16 heavy (non-hydrogen) atoms. The highest BCUT2D eigenvalue weighted by molar-refractivity contribution is 5.71. The number of benzene rings is 1. The van der Waals surface area contributed by atoms with Crippen LogP contribution in [0, 0.1) is 18.3 Å². The minimum atomic E-state index is 0.345. The van der Waals surface area contributed by atoms with E-state index in [1.807, 2.05) is 25.1 Å². The molecule has 1 aromatic rings. The smallest absolute Gasteiger partial charge is 0.0640 e. The highest BCUT2D eigenvalue weighted by Crippen LogP contribution is 2.27. The molecule has 0 bridgehead atoms. The minimum Gasteiger partial charge on any atom is -0.397 e. The Bertz CT molecular complexity index is 391. The van der Waals surface area contributed by atoms with Gasteiger partial charge in [0.2, 0.25) is 0 Å². The van der Waals surface area contributed by atoms with Gasteiger partial charge in [0, 0.05) is 12.6 Å². The predicted molar refractivity (Wildman–Crippen MR) is 68.3 cm³/mol. The summed E-state index contributed by atoms with van der Waals surface area (Å²) in [6, 6.07) is 8.54. The summed E-state index contributed by atoms with van der Waals surface area (Å²) in [5.41, 5.74) is 9.00. The van der Waals surface area contributed by atoms with Crippen LogP contribution in [-0.2, 0) is 0 Å². The first-order valence-electron chi connectivity index (χ1n) is 5.56. The average Bonchev–Trinajstić information content (AvgIpc) is 2.24. The maximum atomic E-state index is 8.66. The fraction of sp³-hybridized carbons (Fsp3) is 0.462. The molecule has 0 radical (unpaired) electrons. The van der Waals surface area contributed by atoms with Crippen LogP contribution >= 0.6 is 0 Å². The van der Waals surface area contributed by atoms with Gasteiger partial charge in [0.25, 0.3) is 0 Å². The van der Waals surface area contributed by atoms with Crippen LogP contribution in [0.3, 0.4) is 0 Å². The summed E-state index contributed by atoms with van der Waals surface area (Å²) in [7, 11) is 0. The summed E-state index contributed by atoms with van der Waals surface area (Å²) >= 11 is 0. The number of hydrogen-bond acceptors (Lipinski definition) is 3. The second-order valence-electron chi connectivity index (χ2n) is 4.20. The Morgan fingerprint density at radius 1 is 1.44 bits per heavy atom. The molecule has 0 unspecified atom stereocenters. The van der Waals surface area contributed by atoms with Crippen molar-refractivity contribution in [3.63, 3.8) is 0 Å². The van der Waals surface area contributed by atoms with Gasteiger partial charge < -0.3 is 10.6 Å². The number of rotatable bonds is 4. The third kappa shape index (κ3) is 2.66. The lowest BCUT2D eigenvalue weighted by Gasteiger charge is -2.29. The standard InChI is InChI=1S/C13H19N3/c1-10(2)16(9-5-8-14)12-7-4-6-11(3)13(12)15/h4,6-7,10H,5,9,15H2,1-3H3. The Labute approximate surface area is 97.5 Å². The average molecular weight is 217 g/mol. The molecule has 1 aromatic carbocycles. The van der Waals surface area contributed by atoms with E-state index >= 15 is 0 Å². The molecule has 0 fully saturated rings. The number of nitrogens with two attached hydrogens (primary N) is 1. The van der Waals surface area contributed by atoms with Gasteiger partial charge in [0.15, 0.2) is 0 Å². The zero-order valence-electron chi connectivity index (χ0n) is 10.2. The molecule has 2 N–H and O–H groups in total. The fourth-order valence-electron chi connectivity index (χ4n) is 1.74. The summed E-state index contributed by atoms with van der Waals surface area (Å²) in [6.45, 7) is 6.95. The Balaban J connectivity index is 3.02. The van der Waals surface area contributed by atoms with Crippen molar-refractivity contribution in [2.45, 2.75) is 33.2 Å². The fourth-order valence-corrected chi connectivity index (χ4v) is 1.74. The second-order valence-corrected chi connectivity index (χ2v) is 4.20. The van der Waals surface area contributed by atoms with E-state index in [4.69, 9.17) is 11.0 Å². The highest BCUT2D eigenvalue weighted by atomic mass is 15.2. The molecule has 3 heteroatoms. The molecular formula is C13H19N3. The van der Waals surface area contributed by atoms with Crippen LogP contribution in [0.15, 0.2) is 18.2 Å². The predicted octanol–water partition coefficient (Wildman–Crippen LogP) is 2.71. The summed E-state index contributed by atoms with van der Waals surface area (Å²) in [5.74, 6) is 0. The van der Waals surface area contributed by atoms with Gasteiger partial charge in [-0.1, -0.05) is 12.1 Å². The first-order valence-corrected chi connectivity index (χ1v) is 5.56. The molecule has 0 aliphatic heterocycles. The summed E-state index contributed by atoms with van der Waals surface area (Å²) in [5, 5.41) is 8.66. The van der Waals surface area contributed by atoms with Gasteiger partial charge in [-0.2, -0.15) is 5.26 Å². The van der Waals surface area contributed by atoms with Crippen LogP contribution in [0.1, 0.15) is 25.8 Å². The Morgan fingerprint density at radius 2 is 2.12 bits per heavy atom. The molecule has 0 atom stereocenters. The van der Waals surface area contributed by atoms with Crippen molar-refractivity contribution in [2.75, 3.05) is 17.2 Å².